The number of sulfonamides is 1. The number of sulfone groups is 1. The maximum atomic E-state index is 13.0. The van der Waals surface area contributed by atoms with Gasteiger partial charge in [-0.15, -0.1) is 0 Å². The Kier molecular flexibility index (Phi) is 7.50. The van der Waals surface area contributed by atoms with Crippen molar-refractivity contribution in [2.24, 2.45) is 5.92 Å². The van der Waals surface area contributed by atoms with E-state index in [1.165, 1.54) is 4.31 Å². The molecule has 0 N–H and O–H groups in total. The Hall–Kier alpha value is -0.670. The average molecular weight is 409 g/mol. The van der Waals surface area contributed by atoms with Crippen LogP contribution in [0.3, 0.4) is 0 Å². The largest absolute Gasteiger partial charge is 0.338 e. The fourth-order valence-electron chi connectivity index (χ4n) is 3.81. The molecule has 0 radical (unpaired) electrons. The molecular formula is C17H32N2O5S2. The first kappa shape index (κ1) is 21.6. The van der Waals surface area contributed by atoms with Crippen molar-refractivity contribution in [3.8, 4) is 0 Å². The molecular weight excluding hydrogens is 376 g/mol. The van der Waals surface area contributed by atoms with Crippen LogP contribution < -0.4 is 0 Å². The normalized spacial score (nSPS) is 24.6. The number of unbranched alkanes of at least 4 members (excludes halogenated alkanes) is 1. The number of hydrogen-bond acceptors (Lipinski definition) is 5. The van der Waals surface area contributed by atoms with Crippen molar-refractivity contribution in [2.75, 3.05) is 36.9 Å². The van der Waals surface area contributed by atoms with Gasteiger partial charge in [0.05, 0.1) is 17.3 Å². The van der Waals surface area contributed by atoms with Crippen molar-refractivity contribution in [3.05, 3.63) is 0 Å². The maximum Gasteiger partial charge on any atom is 0.226 e. The van der Waals surface area contributed by atoms with Crippen LogP contribution in [0.15, 0.2) is 0 Å². The highest BCUT2D eigenvalue weighted by atomic mass is 32.2. The maximum absolute atomic E-state index is 13.0. The van der Waals surface area contributed by atoms with E-state index in [1.54, 1.807) is 4.90 Å². The van der Waals surface area contributed by atoms with Crippen molar-refractivity contribution < 1.29 is 21.6 Å². The molecule has 0 bridgehead atoms. The highest BCUT2D eigenvalue weighted by molar-refractivity contribution is 7.91. The van der Waals surface area contributed by atoms with Gasteiger partial charge in [-0.2, -0.15) is 0 Å². The monoisotopic (exact) mass is 408 g/mol. The van der Waals surface area contributed by atoms with Crippen molar-refractivity contribution in [3.63, 3.8) is 0 Å². The molecule has 0 spiro atoms. The Labute approximate surface area is 158 Å². The Morgan fingerprint density at radius 1 is 1.12 bits per heavy atom. The van der Waals surface area contributed by atoms with Crippen LogP contribution in [0.1, 0.15) is 52.4 Å². The molecule has 7 nitrogen and oxygen atoms in total. The Morgan fingerprint density at radius 3 is 2.27 bits per heavy atom. The number of nitrogens with zero attached hydrogens (tertiary/aromatic N) is 2. The molecule has 9 heteroatoms. The van der Waals surface area contributed by atoms with Crippen molar-refractivity contribution >= 4 is 25.8 Å². The summed E-state index contributed by atoms with van der Waals surface area (Å²) in [5, 5.41) is 0. The van der Waals surface area contributed by atoms with Crippen LogP contribution >= 0.6 is 0 Å². The number of carbonyl (C=O) groups excluding carboxylic acids is 1. The van der Waals surface area contributed by atoms with Crippen LogP contribution in [-0.2, 0) is 24.7 Å². The topological polar surface area (TPSA) is 91.8 Å². The first-order chi connectivity index (χ1) is 12.2. The van der Waals surface area contributed by atoms with Crippen LogP contribution in [-0.4, -0.2) is 74.9 Å². The molecule has 1 unspecified atom stereocenters. The molecule has 0 aliphatic carbocycles. The Balaban J connectivity index is 1.97. The molecule has 2 saturated heterocycles. The van der Waals surface area contributed by atoms with Crippen LogP contribution in [0, 0.1) is 5.92 Å². The third-order valence-corrected chi connectivity index (χ3v) is 9.06. The lowest BCUT2D eigenvalue weighted by Crippen LogP contribution is -2.48. The number of piperidine rings is 1. The zero-order valence-electron chi connectivity index (χ0n) is 15.9. The fraction of sp³-hybridized carbons (Fsp3) is 0.941. The summed E-state index contributed by atoms with van der Waals surface area (Å²) in [4.78, 5) is 14.7. The summed E-state index contributed by atoms with van der Waals surface area (Å²) in [5.41, 5.74) is 0. The van der Waals surface area contributed by atoms with E-state index in [4.69, 9.17) is 0 Å². The second-order valence-electron chi connectivity index (χ2n) is 7.43. The molecule has 1 amide bonds. The summed E-state index contributed by atoms with van der Waals surface area (Å²) in [6, 6.07) is -0.223. The third kappa shape index (κ3) is 5.42. The van der Waals surface area contributed by atoms with Gasteiger partial charge in [0.25, 0.3) is 0 Å². The van der Waals surface area contributed by atoms with E-state index in [0.29, 0.717) is 45.3 Å². The number of amides is 1. The first-order valence-electron chi connectivity index (χ1n) is 9.69. The van der Waals surface area contributed by atoms with Crippen LogP contribution in [0.2, 0.25) is 0 Å². The lowest BCUT2D eigenvalue weighted by atomic mass is 9.95. The van der Waals surface area contributed by atoms with Gasteiger partial charge in [0.1, 0.15) is 0 Å². The van der Waals surface area contributed by atoms with E-state index >= 15 is 0 Å². The molecule has 0 aromatic carbocycles. The molecule has 2 heterocycles. The SMILES string of the molecule is CCCCS(=O)(=O)N1CCC(C(=O)N(CCC)C2CCS(=O)(=O)C2)CC1. The standard InChI is InChI=1S/C17H32N2O5S2/c1-3-5-12-26(23,24)18-10-6-15(7-11-18)17(20)19(9-4-2)16-8-13-25(21,22)14-16/h15-16H,3-14H2,1-2H3. The average Bonchev–Trinajstić information content (AvgIpc) is 2.97. The van der Waals surface area contributed by atoms with Crippen molar-refractivity contribution in [2.45, 2.75) is 58.4 Å². The molecule has 2 rings (SSSR count). The summed E-state index contributed by atoms with van der Waals surface area (Å²) in [6.07, 6.45) is 3.82. The zero-order chi connectivity index (χ0) is 19.4. The van der Waals surface area contributed by atoms with Gasteiger partial charge in [-0.1, -0.05) is 20.3 Å². The number of hydrogen-bond donors (Lipinski definition) is 0. The minimum absolute atomic E-state index is 0.000411. The van der Waals surface area contributed by atoms with E-state index in [1.807, 2.05) is 13.8 Å². The molecule has 152 valence electrons. The van der Waals surface area contributed by atoms with Gasteiger partial charge in [0.2, 0.25) is 15.9 Å². The predicted octanol–water partition coefficient (Wildman–Crippen LogP) is 1.25. The van der Waals surface area contributed by atoms with Gasteiger partial charge in [0, 0.05) is 31.6 Å². The van der Waals surface area contributed by atoms with E-state index < -0.39 is 19.9 Å². The summed E-state index contributed by atoms with van der Waals surface area (Å²) in [5.74, 6) is 0.175. The van der Waals surface area contributed by atoms with Crippen LogP contribution in [0.5, 0.6) is 0 Å². The first-order valence-corrected chi connectivity index (χ1v) is 13.1. The molecule has 1 atom stereocenters. The highest BCUT2D eigenvalue weighted by Crippen LogP contribution is 2.26. The highest BCUT2D eigenvalue weighted by Gasteiger charge is 2.38. The second kappa shape index (κ2) is 9.01. The predicted molar refractivity (Wildman–Crippen MR) is 102 cm³/mol. The Bertz CT molecular complexity index is 682. The van der Waals surface area contributed by atoms with Gasteiger partial charge >= 0.3 is 0 Å². The second-order valence-corrected chi connectivity index (χ2v) is 11.7. The third-order valence-electron chi connectivity index (χ3n) is 5.35. The van der Waals surface area contributed by atoms with E-state index in [9.17, 15) is 21.6 Å². The lowest BCUT2D eigenvalue weighted by Gasteiger charge is -2.35. The lowest BCUT2D eigenvalue weighted by molar-refractivity contribution is -0.138. The molecule has 0 saturated carbocycles. The minimum Gasteiger partial charge on any atom is -0.338 e. The molecule has 2 fully saturated rings. The zero-order valence-corrected chi connectivity index (χ0v) is 17.5. The fourth-order valence-corrected chi connectivity index (χ4v) is 7.22. The van der Waals surface area contributed by atoms with Gasteiger partial charge in [-0.05, 0) is 32.1 Å². The van der Waals surface area contributed by atoms with E-state index in [-0.39, 0.29) is 35.1 Å². The molecule has 2 aliphatic heterocycles. The van der Waals surface area contributed by atoms with Gasteiger partial charge in [0.15, 0.2) is 9.84 Å². The van der Waals surface area contributed by atoms with E-state index in [2.05, 4.69) is 0 Å². The minimum atomic E-state index is -3.23. The number of carbonyl (C=O) groups is 1. The molecule has 0 aromatic rings. The summed E-state index contributed by atoms with van der Waals surface area (Å²) in [6.45, 7) is 5.27. The van der Waals surface area contributed by atoms with E-state index in [0.717, 1.165) is 12.8 Å². The summed E-state index contributed by atoms with van der Waals surface area (Å²) < 4.78 is 49.7. The number of rotatable bonds is 8. The van der Waals surface area contributed by atoms with Crippen molar-refractivity contribution in [1.29, 1.82) is 0 Å². The Morgan fingerprint density at radius 2 is 1.77 bits per heavy atom. The van der Waals surface area contributed by atoms with Crippen LogP contribution in [0.4, 0.5) is 0 Å². The molecule has 0 aromatic heterocycles. The summed E-state index contributed by atoms with van der Waals surface area (Å²) in [7, 11) is -6.27. The smallest absolute Gasteiger partial charge is 0.226 e. The van der Waals surface area contributed by atoms with Gasteiger partial charge < -0.3 is 4.90 Å². The quantitative estimate of drug-likeness (QED) is 0.603. The summed E-state index contributed by atoms with van der Waals surface area (Å²) >= 11 is 0. The van der Waals surface area contributed by atoms with Gasteiger partial charge in [-0.25, -0.2) is 21.1 Å². The molecule has 2 aliphatic rings. The van der Waals surface area contributed by atoms with Gasteiger partial charge in [-0.3, -0.25) is 4.79 Å². The molecule has 26 heavy (non-hydrogen) atoms. The van der Waals surface area contributed by atoms with Crippen molar-refractivity contribution in [1.82, 2.24) is 9.21 Å². The van der Waals surface area contributed by atoms with Crippen LogP contribution in [0.25, 0.3) is 0 Å².